The van der Waals surface area contributed by atoms with Crippen molar-refractivity contribution in [2.24, 2.45) is 17.1 Å². The molecule has 4 heteroatoms. The van der Waals surface area contributed by atoms with Gasteiger partial charge in [0, 0.05) is 11.2 Å². The molecule has 0 saturated carbocycles. The van der Waals surface area contributed by atoms with Crippen LogP contribution in [0.5, 0.6) is 0 Å². The largest absolute Gasteiger partial charge is 0.321 e. The van der Waals surface area contributed by atoms with Crippen LogP contribution in [-0.2, 0) is 9.59 Å². The lowest BCUT2D eigenvalue weighted by atomic mass is 9.75. The molecule has 0 saturated heterocycles. The number of hydrogen-bond donors (Lipinski definition) is 1. The molecule has 0 spiro atoms. The molecule has 0 aromatic carbocycles. The number of rotatable bonds is 9. The van der Waals surface area contributed by atoms with Crippen LogP contribution in [-0.4, -0.2) is 28.6 Å². The second kappa shape index (κ2) is 8.05. The fourth-order valence-electron chi connectivity index (χ4n) is 2.13. The highest BCUT2D eigenvalue weighted by atomic mass is 32.2. The van der Waals surface area contributed by atoms with Gasteiger partial charge < -0.3 is 5.73 Å². The van der Waals surface area contributed by atoms with Gasteiger partial charge in [-0.15, -0.1) is 0 Å². The smallest absolute Gasteiger partial charge is 0.146 e. The lowest BCUT2D eigenvalue weighted by molar-refractivity contribution is -0.123. The summed E-state index contributed by atoms with van der Waals surface area (Å²) in [7, 11) is 0. The van der Waals surface area contributed by atoms with Crippen LogP contribution < -0.4 is 5.73 Å². The van der Waals surface area contributed by atoms with Gasteiger partial charge in [0.25, 0.3) is 0 Å². The van der Waals surface area contributed by atoms with Gasteiger partial charge in [-0.2, -0.15) is 11.8 Å². The van der Waals surface area contributed by atoms with E-state index in [1.54, 1.807) is 6.92 Å². The molecule has 2 N–H and O–H groups in total. The van der Waals surface area contributed by atoms with Crippen LogP contribution in [0, 0.1) is 11.3 Å². The van der Waals surface area contributed by atoms with E-state index in [-0.39, 0.29) is 28.9 Å². The normalized spacial score (nSPS) is 16.8. The minimum Gasteiger partial charge on any atom is -0.321 e. The summed E-state index contributed by atoms with van der Waals surface area (Å²) in [5.74, 6) is 1.28. The Balaban J connectivity index is 4.13. The third-order valence-electron chi connectivity index (χ3n) is 3.95. The number of ketones is 2. The van der Waals surface area contributed by atoms with E-state index in [2.05, 4.69) is 20.8 Å². The lowest BCUT2D eigenvalue weighted by Crippen LogP contribution is -2.30. The number of hydrogen-bond acceptors (Lipinski definition) is 4. The summed E-state index contributed by atoms with van der Waals surface area (Å²) in [6, 6.07) is -0.330. The minimum atomic E-state index is -0.330. The first-order valence-corrected chi connectivity index (χ1v) is 8.01. The van der Waals surface area contributed by atoms with Crippen molar-refractivity contribution in [2.75, 3.05) is 5.75 Å². The highest BCUT2D eigenvalue weighted by molar-refractivity contribution is 7.99. The Morgan fingerprint density at radius 2 is 1.68 bits per heavy atom. The molecule has 0 radical (unpaired) electrons. The highest BCUT2D eigenvalue weighted by Gasteiger charge is 2.30. The van der Waals surface area contributed by atoms with Crippen molar-refractivity contribution >= 4 is 23.3 Å². The van der Waals surface area contributed by atoms with Crippen molar-refractivity contribution in [2.45, 2.75) is 65.7 Å². The average molecular weight is 287 g/mol. The molecule has 0 amide bonds. The zero-order chi connectivity index (χ0) is 15.2. The van der Waals surface area contributed by atoms with Crippen LogP contribution in [0.1, 0.15) is 54.4 Å². The third-order valence-corrected chi connectivity index (χ3v) is 5.16. The van der Waals surface area contributed by atoms with E-state index in [9.17, 15) is 9.59 Å². The lowest BCUT2D eigenvalue weighted by Gasteiger charge is -2.32. The van der Waals surface area contributed by atoms with Gasteiger partial charge in [-0.25, -0.2) is 0 Å². The van der Waals surface area contributed by atoms with E-state index >= 15 is 0 Å². The Bertz CT molecular complexity index is 315. The van der Waals surface area contributed by atoms with E-state index in [1.165, 1.54) is 6.92 Å². The molecule has 0 aromatic rings. The number of nitrogens with two attached hydrogens (primary N) is 1. The quantitative estimate of drug-likeness (QED) is 0.708. The van der Waals surface area contributed by atoms with Gasteiger partial charge in [-0.1, -0.05) is 27.7 Å². The standard InChI is InChI=1S/C15H29NO2S/c1-10(19-8-7-14(16)13(4)18)9-15(5,6)11(2)12(3)17/h10-11,14H,7-9,16H2,1-6H3/t10-,11-,14+/m1/s1. The van der Waals surface area contributed by atoms with Gasteiger partial charge >= 0.3 is 0 Å². The van der Waals surface area contributed by atoms with Crippen molar-refractivity contribution in [3.05, 3.63) is 0 Å². The SMILES string of the molecule is CC(=O)[C@@H](C)C(C)(C)C[C@@H](C)SCC[C@H](N)C(C)=O. The Hall–Kier alpha value is -0.350. The summed E-state index contributed by atoms with van der Waals surface area (Å²) >= 11 is 1.83. The third kappa shape index (κ3) is 7.11. The monoisotopic (exact) mass is 287 g/mol. The summed E-state index contributed by atoms with van der Waals surface area (Å²) in [5, 5.41) is 0.468. The van der Waals surface area contributed by atoms with Crippen LogP contribution >= 0.6 is 11.8 Å². The molecular formula is C15H29NO2S. The van der Waals surface area contributed by atoms with Gasteiger partial charge in [0.1, 0.15) is 11.6 Å². The van der Waals surface area contributed by atoms with Crippen molar-refractivity contribution in [1.82, 2.24) is 0 Å². The van der Waals surface area contributed by atoms with Gasteiger partial charge in [-0.3, -0.25) is 9.59 Å². The van der Waals surface area contributed by atoms with Crippen LogP contribution in [0.25, 0.3) is 0 Å². The van der Waals surface area contributed by atoms with Crippen molar-refractivity contribution in [3.8, 4) is 0 Å². The maximum absolute atomic E-state index is 11.5. The predicted molar refractivity (Wildman–Crippen MR) is 83.4 cm³/mol. The number of carbonyl (C=O) groups is 2. The summed E-state index contributed by atoms with van der Waals surface area (Å²) in [4.78, 5) is 22.5. The molecule has 3 nitrogen and oxygen atoms in total. The first-order chi connectivity index (χ1) is 8.58. The van der Waals surface area contributed by atoms with E-state index in [0.717, 1.165) is 18.6 Å². The van der Waals surface area contributed by atoms with Crippen LogP contribution in [0.4, 0.5) is 0 Å². The zero-order valence-electron chi connectivity index (χ0n) is 13.2. The number of Topliss-reactive ketones (excluding diaryl/α,β-unsaturated/α-hetero) is 2. The molecule has 0 bridgehead atoms. The zero-order valence-corrected chi connectivity index (χ0v) is 14.0. The van der Waals surface area contributed by atoms with E-state index < -0.39 is 0 Å². The molecule has 0 aromatic heterocycles. The fraction of sp³-hybridized carbons (Fsp3) is 0.867. The topological polar surface area (TPSA) is 60.2 Å². The Kier molecular flexibility index (Phi) is 7.90. The Morgan fingerprint density at radius 3 is 2.11 bits per heavy atom. The minimum absolute atomic E-state index is 0.0148. The van der Waals surface area contributed by atoms with E-state index in [0.29, 0.717) is 5.25 Å². The van der Waals surface area contributed by atoms with Crippen LogP contribution in [0.2, 0.25) is 0 Å². The summed E-state index contributed by atoms with van der Waals surface area (Å²) < 4.78 is 0. The van der Waals surface area contributed by atoms with Gasteiger partial charge in [0.15, 0.2) is 0 Å². The molecule has 0 aliphatic carbocycles. The molecular weight excluding hydrogens is 258 g/mol. The summed E-state index contributed by atoms with van der Waals surface area (Å²) in [5.41, 5.74) is 5.73. The second-order valence-electron chi connectivity index (χ2n) is 6.21. The van der Waals surface area contributed by atoms with Crippen molar-refractivity contribution in [1.29, 1.82) is 0 Å². The Labute approximate surface area is 122 Å². The van der Waals surface area contributed by atoms with Gasteiger partial charge in [0.2, 0.25) is 0 Å². The maximum Gasteiger partial charge on any atom is 0.146 e. The average Bonchev–Trinajstić information content (AvgIpc) is 2.26. The van der Waals surface area contributed by atoms with E-state index in [4.69, 9.17) is 5.73 Å². The molecule has 0 heterocycles. The van der Waals surface area contributed by atoms with Gasteiger partial charge in [0.05, 0.1) is 6.04 Å². The van der Waals surface area contributed by atoms with Crippen molar-refractivity contribution < 1.29 is 9.59 Å². The first-order valence-electron chi connectivity index (χ1n) is 6.96. The van der Waals surface area contributed by atoms with Crippen LogP contribution in [0.3, 0.4) is 0 Å². The molecule has 0 aliphatic rings. The Morgan fingerprint density at radius 1 is 1.16 bits per heavy atom. The number of carbonyl (C=O) groups excluding carboxylic acids is 2. The number of thioether (sulfide) groups is 1. The molecule has 0 unspecified atom stereocenters. The fourth-order valence-corrected chi connectivity index (χ4v) is 3.47. The molecule has 0 aliphatic heterocycles. The summed E-state index contributed by atoms with van der Waals surface area (Å²) in [6.07, 6.45) is 1.72. The highest BCUT2D eigenvalue weighted by Crippen LogP contribution is 2.35. The van der Waals surface area contributed by atoms with Crippen molar-refractivity contribution in [3.63, 3.8) is 0 Å². The van der Waals surface area contributed by atoms with Gasteiger partial charge in [-0.05, 0) is 37.9 Å². The second-order valence-corrected chi connectivity index (χ2v) is 7.76. The van der Waals surface area contributed by atoms with Crippen LogP contribution in [0.15, 0.2) is 0 Å². The summed E-state index contributed by atoms with van der Waals surface area (Å²) in [6.45, 7) is 11.7. The molecule has 19 heavy (non-hydrogen) atoms. The van der Waals surface area contributed by atoms with E-state index in [1.807, 2.05) is 18.7 Å². The molecule has 3 atom stereocenters. The maximum atomic E-state index is 11.5. The molecule has 112 valence electrons. The predicted octanol–water partition coefficient (Wildman–Crippen LogP) is 3.06. The molecule has 0 fully saturated rings. The molecule has 0 rings (SSSR count). The first kappa shape index (κ1) is 18.7.